The van der Waals surface area contributed by atoms with Crippen molar-refractivity contribution < 1.29 is 13.3 Å². The van der Waals surface area contributed by atoms with Gasteiger partial charge in [0.05, 0.1) is 0 Å². The lowest BCUT2D eigenvalue weighted by Crippen LogP contribution is -1.82. The molecular formula is C10H8F2N2OS. The zero-order chi connectivity index (χ0) is 11.5. The fourth-order valence-corrected chi connectivity index (χ4v) is 1.81. The molecule has 1 heterocycles. The zero-order valence-corrected chi connectivity index (χ0v) is 8.88. The molecule has 0 radical (unpaired) electrons. The first-order valence-corrected chi connectivity index (χ1v) is 5.30. The lowest BCUT2D eigenvalue weighted by atomic mass is 10.2. The van der Waals surface area contributed by atoms with Crippen LogP contribution in [0.3, 0.4) is 0 Å². The maximum absolute atomic E-state index is 12.2. The summed E-state index contributed by atoms with van der Waals surface area (Å²) in [5.41, 5.74) is 6.08. The van der Waals surface area contributed by atoms with Gasteiger partial charge in [0, 0.05) is 16.5 Å². The van der Waals surface area contributed by atoms with Crippen molar-refractivity contribution in [3.05, 3.63) is 30.3 Å². The Morgan fingerprint density at radius 3 is 2.75 bits per heavy atom. The van der Waals surface area contributed by atoms with E-state index in [4.69, 9.17) is 10.3 Å². The zero-order valence-electron chi connectivity index (χ0n) is 8.06. The number of nitrogens with zero attached hydrogens (tertiary/aromatic N) is 1. The number of thioether (sulfide) groups is 1. The van der Waals surface area contributed by atoms with Crippen molar-refractivity contribution in [2.75, 3.05) is 5.73 Å². The maximum atomic E-state index is 12.2. The van der Waals surface area contributed by atoms with Crippen LogP contribution in [-0.4, -0.2) is 10.9 Å². The van der Waals surface area contributed by atoms with Gasteiger partial charge >= 0.3 is 0 Å². The number of hydrogen-bond donors (Lipinski definition) is 1. The topological polar surface area (TPSA) is 52.0 Å². The Hall–Kier alpha value is -1.56. The van der Waals surface area contributed by atoms with Crippen LogP contribution in [-0.2, 0) is 0 Å². The Labute approximate surface area is 94.6 Å². The summed E-state index contributed by atoms with van der Waals surface area (Å²) in [7, 11) is 0. The third kappa shape index (κ3) is 2.52. The minimum Gasteiger partial charge on any atom is -0.381 e. The van der Waals surface area contributed by atoms with Crippen LogP contribution in [0.4, 0.5) is 14.6 Å². The van der Waals surface area contributed by atoms with Crippen LogP contribution in [0.1, 0.15) is 0 Å². The Balaban J connectivity index is 2.28. The fourth-order valence-electron chi connectivity index (χ4n) is 1.25. The third-order valence-corrected chi connectivity index (χ3v) is 2.58. The molecule has 0 aliphatic heterocycles. The molecule has 0 saturated heterocycles. The molecule has 2 aromatic rings. The normalized spacial score (nSPS) is 10.9. The van der Waals surface area contributed by atoms with Gasteiger partial charge in [-0.2, -0.15) is 8.78 Å². The van der Waals surface area contributed by atoms with Crippen molar-refractivity contribution in [2.24, 2.45) is 0 Å². The van der Waals surface area contributed by atoms with E-state index in [-0.39, 0.29) is 5.82 Å². The molecule has 0 aliphatic rings. The molecule has 84 valence electrons. The Bertz CT molecular complexity index is 487. The maximum Gasteiger partial charge on any atom is 0.288 e. The van der Waals surface area contributed by atoms with E-state index in [2.05, 4.69) is 5.16 Å². The van der Waals surface area contributed by atoms with E-state index in [0.29, 0.717) is 28.0 Å². The second-order valence-electron chi connectivity index (χ2n) is 3.02. The Morgan fingerprint density at radius 1 is 1.31 bits per heavy atom. The summed E-state index contributed by atoms with van der Waals surface area (Å²) in [5.74, 6) is -1.70. The summed E-state index contributed by atoms with van der Waals surface area (Å²) in [4.78, 5) is 0.475. The quantitative estimate of drug-likeness (QED) is 0.839. The van der Waals surface area contributed by atoms with Gasteiger partial charge in [-0.05, 0) is 12.1 Å². The lowest BCUT2D eigenvalue weighted by Gasteiger charge is -2.01. The first-order valence-electron chi connectivity index (χ1n) is 4.42. The van der Waals surface area contributed by atoms with Crippen molar-refractivity contribution in [2.45, 2.75) is 10.7 Å². The summed E-state index contributed by atoms with van der Waals surface area (Å²) in [6.07, 6.45) is 0. The molecule has 16 heavy (non-hydrogen) atoms. The van der Waals surface area contributed by atoms with E-state index < -0.39 is 5.76 Å². The average molecular weight is 242 g/mol. The first kappa shape index (κ1) is 10.9. The lowest BCUT2D eigenvalue weighted by molar-refractivity contribution is 0.252. The second kappa shape index (κ2) is 4.52. The molecule has 0 amide bonds. The van der Waals surface area contributed by atoms with Crippen LogP contribution in [0.15, 0.2) is 39.8 Å². The molecule has 0 unspecified atom stereocenters. The van der Waals surface area contributed by atoms with Crippen molar-refractivity contribution in [3.63, 3.8) is 0 Å². The standard InChI is InChI=1S/C10H8F2N2OS/c11-10(12)16-7-3-1-2-6(4-7)8-5-9(13)14-15-8/h1-5,10H,(H2,13,14). The highest BCUT2D eigenvalue weighted by atomic mass is 32.2. The summed E-state index contributed by atoms with van der Waals surface area (Å²) in [5, 5.41) is 3.53. The molecule has 0 fully saturated rings. The van der Waals surface area contributed by atoms with Crippen molar-refractivity contribution in [1.82, 2.24) is 5.16 Å². The summed E-state index contributed by atoms with van der Waals surface area (Å²) in [6.45, 7) is 0. The number of nitrogen functional groups attached to an aromatic ring is 1. The number of benzene rings is 1. The van der Waals surface area contributed by atoms with Gasteiger partial charge in [0.25, 0.3) is 5.76 Å². The summed E-state index contributed by atoms with van der Waals surface area (Å²) in [6, 6.07) is 8.19. The molecule has 0 spiro atoms. The number of anilines is 1. The molecule has 1 aromatic heterocycles. The number of hydrogen-bond acceptors (Lipinski definition) is 4. The van der Waals surface area contributed by atoms with Crippen LogP contribution in [0.2, 0.25) is 0 Å². The predicted molar refractivity (Wildman–Crippen MR) is 58.2 cm³/mol. The van der Waals surface area contributed by atoms with Gasteiger partial charge in [0.15, 0.2) is 11.6 Å². The van der Waals surface area contributed by atoms with Gasteiger partial charge in [-0.1, -0.05) is 29.1 Å². The summed E-state index contributed by atoms with van der Waals surface area (Å²) < 4.78 is 29.3. The van der Waals surface area contributed by atoms with E-state index in [0.717, 1.165) is 0 Å². The second-order valence-corrected chi connectivity index (χ2v) is 4.09. The van der Waals surface area contributed by atoms with Gasteiger partial charge in [0.2, 0.25) is 0 Å². The van der Waals surface area contributed by atoms with E-state index in [1.165, 1.54) is 0 Å². The Morgan fingerprint density at radius 2 is 2.12 bits per heavy atom. The third-order valence-electron chi connectivity index (χ3n) is 1.87. The smallest absolute Gasteiger partial charge is 0.288 e. The molecule has 2 rings (SSSR count). The predicted octanol–water partition coefficient (Wildman–Crippen LogP) is 3.24. The van der Waals surface area contributed by atoms with E-state index in [1.54, 1.807) is 30.3 Å². The van der Waals surface area contributed by atoms with Gasteiger partial charge < -0.3 is 10.3 Å². The van der Waals surface area contributed by atoms with Crippen molar-refractivity contribution >= 4 is 17.6 Å². The van der Waals surface area contributed by atoms with Crippen LogP contribution >= 0.6 is 11.8 Å². The number of aromatic nitrogens is 1. The van der Waals surface area contributed by atoms with E-state index in [1.807, 2.05) is 0 Å². The van der Waals surface area contributed by atoms with Crippen molar-refractivity contribution in [3.8, 4) is 11.3 Å². The van der Waals surface area contributed by atoms with Crippen LogP contribution in [0, 0.1) is 0 Å². The molecule has 0 atom stereocenters. The van der Waals surface area contributed by atoms with Gasteiger partial charge in [-0.15, -0.1) is 0 Å². The molecule has 0 saturated carbocycles. The number of nitrogens with two attached hydrogens (primary N) is 1. The first-order chi connectivity index (χ1) is 7.65. The van der Waals surface area contributed by atoms with Gasteiger partial charge in [-0.3, -0.25) is 0 Å². The van der Waals surface area contributed by atoms with E-state index in [9.17, 15) is 8.78 Å². The number of halogens is 2. The van der Waals surface area contributed by atoms with Crippen LogP contribution in [0.5, 0.6) is 0 Å². The highest BCUT2D eigenvalue weighted by molar-refractivity contribution is 7.99. The van der Waals surface area contributed by atoms with Crippen molar-refractivity contribution in [1.29, 1.82) is 0 Å². The van der Waals surface area contributed by atoms with Crippen LogP contribution < -0.4 is 5.73 Å². The van der Waals surface area contributed by atoms with Crippen LogP contribution in [0.25, 0.3) is 11.3 Å². The molecule has 3 nitrogen and oxygen atoms in total. The largest absolute Gasteiger partial charge is 0.381 e. The molecule has 6 heteroatoms. The molecule has 0 bridgehead atoms. The summed E-state index contributed by atoms with van der Waals surface area (Å²) >= 11 is 0.487. The minimum atomic E-state index is -2.44. The monoisotopic (exact) mass is 242 g/mol. The number of rotatable bonds is 3. The fraction of sp³-hybridized carbons (Fsp3) is 0.100. The van der Waals surface area contributed by atoms with Gasteiger partial charge in [0.1, 0.15) is 0 Å². The highest BCUT2D eigenvalue weighted by Gasteiger charge is 2.08. The molecule has 2 N–H and O–H groups in total. The molecule has 1 aromatic carbocycles. The Kier molecular flexibility index (Phi) is 3.09. The van der Waals surface area contributed by atoms with Gasteiger partial charge in [-0.25, -0.2) is 0 Å². The highest BCUT2D eigenvalue weighted by Crippen LogP contribution is 2.29. The van der Waals surface area contributed by atoms with E-state index >= 15 is 0 Å². The minimum absolute atomic E-state index is 0.266. The molecule has 0 aliphatic carbocycles. The average Bonchev–Trinajstić information content (AvgIpc) is 2.64. The molecular weight excluding hydrogens is 234 g/mol. The number of alkyl halides is 2. The SMILES string of the molecule is Nc1cc(-c2cccc(SC(F)F)c2)on1.